The maximum atomic E-state index is 8.78. The van der Waals surface area contributed by atoms with E-state index in [1.165, 1.54) is 26.6 Å². The molecular formula is C18H12BO2S. The van der Waals surface area contributed by atoms with Crippen LogP contribution in [0.2, 0.25) is 0 Å². The number of benzene rings is 3. The molecule has 3 aromatic carbocycles. The topological polar surface area (TPSA) is 29.5 Å². The molecule has 4 heteroatoms. The Morgan fingerprint density at radius 1 is 0.864 bits per heavy atom. The zero-order valence-corrected chi connectivity index (χ0v) is 12.5. The summed E-state index contributed by atoms with van der Waals surface area (Å²) in [4.78, 5) is 0. The predicted molar refractivity (Wildman–Crippen MR) is 93.4 cm³/mol. The molecule has 22 heavy (non-hydrogen) atoms. The second-order valence-corrected chi connectivity index (χ2v) is 6.08. The summed E-state index contributed by atoms with van der Waals surface area (Å²) in [5, 5.41) is 11.2. The Hall–Kier alpha value is -2.30. The van der Waals surface area contributed by atoms with Gasteiger partial charge >= 0.3 is 7.69 Å². The van der Waals surface area contributed by atoms with E-state index in [2.05, 4.69) is 42.5 Å². The van der Waals surface area contributed by atoms with E-state index in [0.29, 0.717) is 13.4 Å². The van der Waals surface area contributed by atoms with Gasteiger partial charge in [-0.25, -0.2) is 0 Å². The smallest absolute Gasteiger partial charge is 0.537 e. The summed E-state index contributed by atoms with van der Waals surface area (Å²) in [6.45, 7) is 0. The van der Waals surface area contributed by atoms with Crippen molar-refractivity contribution in [2.75, 3.05) is 0 Å². The molecular weight excluding hydrogens is 291 g/mol. The molecule has 4 aromatic rings. The SMILES string of the molecule is O[B]Oc1ccc2c(c1)sc1c(-c3ccccc3)cccc12. The van der Waals surface area contributed by atoms with Gasteiger partial charge in [0.15, 0.2) is 0 Å². The summed E-state index contributed by atoms with van der Waals surface area (Å²) in [6, 6.07) is 22.7. The summed E-state index contributed by atoms with van der Waals surface area (Å²) in [6.07, 6.45) is 0. The average molecular weight is 303 g/mol. The molecule has 0 aliphatic carbocycles. The summed E-state index contributed by atoms with van der Waals surface area (Å²) in [5.41, 5.74) is 2.47. The first-order valence-electron chi connectivity index (χ1n) is 7.00. The molecule has 105 valence electrons. The molecule has 1 heterocycles. The fourth-order valence-electron chi connectivity index (χ4n) is 2.76. The monoisotopic (exact) mass is 303 g/mol. The molecule has 0 saturated carbocycles. The van der Waals surface area contributed by atoms with Crippen LogP contribution in [0, 0.1) is 0 Å². The maximum Gasteiger partial charge on any atom is 0.569 e. The lowest BCUT2D eigenvalue weighted by Crippen LogP contribution is -1.98. The van der Waals surface area contributed by atoms with Gasteiger partial charge in [0.2, 0.25) is 0 Å². The van der Waals surface area contributed by atoms with Crippen molar-refractivity contribution in [1.82, 2.24) is 0 Å². The Kier molecular flexibility index (Phi) is 3.33. The van der Waals surface area contributed by atoms with E-state index in [0.717, 1.165) is 4.70 Å². The molecule has 0 atom stereocenters. The molecule has 0 aliphatic rings. The fourth-order valence-corrected chi connectivity index (χ4v) is 4.02. The number of thiophene rings is 1. The van der Waals surface area contributed by atoms with Gasteiger partial charge in [0.25, 0.3) is 0 Å². The van der Waals surface area contributed by atoms with Gasteiger partial charge in [-0.05, 0) is 29.3 Å². The Labute approximate surface area is 132 Å². The normalized spacial score (nSPS) is 11.0. The van der Waals surface area contributed by atoms with Crippen molar-refractivity contribution in [3.8, 4) is 16.9 Å². The van der Waals surface area contributed by atoms with Crippen LogP contribution in [-0.2, 0) is 0 Å². The lowest BCUT2D eigenvalue weighted by molar-refractivity contribution is 0.454. The summed E-state index contributed by atoms with van der Waals surface area (Å²) in [7, 11) is 0.712. The van der Waals surface area contributed by atoms with Crippen LogP contribution in [0.15, 0.2) is 66.7 Å². The average Bonchev–Trinajstić information content (AvgIpc) is 2.93. The molecule has 4 rings (SSSR count). The van der Waals surface area contributed by atoms with Crippen molar-refractivity contribution in [3.63, 3.8) is 0 Å². The third kappa shape index (κ3) is 2.17. The minimum absolute atomic E-state index is 0.641. The van der Waals surface area contributed by atoms with Crippen LogP contribution in [0.5, 0.6) is 5.75 Å². The highest BCUT2D eigenvalue weighted by Gasteiger charge is 2.10. The molecule has 1 aromatic heterocycles. The van der Waals surface area contributed by atoms with Crippen LogP contribution >= 0.6 is 11.3 Å². The Morgan fingerprint density at radius 3 is 2.55 bits per heavy atom. The van der Waals surface area contributed by atoms with Gasteiger partial charge in [0.05, 0.1) is 0 Å². The summed E-state index contributed by atoms with van der Waals surface area (Å²) >= 11 is 1.75. The minimum atomic E-state index is 0.641. The van der Waals surface area contributed by atoms with Gasteiger partial charge in [-0.1, -0.05) is 48.5 Å². The van der Waals surface area contributed by atoms with Gasteiger partial charge in [-0.15, -0.1) is 11.3 Å². The highest BCUT2D eigenvalue weighted by molar-refractivity contribution is 7.26. The first-order valence-corrected chi connectivity index (χ1v) is 7.82. The van der Waals surface area contributed by atoms with Crippen LogP contribution in [0.1, 0.15) is 0 Å². The van der Waals surface area contributed by atoms with Crippen molar-refractivity contribution in [3.05, 3.63) is 66.7 Å². The first kappa shape index (κ1) is 13.4. The van der Waals surface area contributed by atoms with Crippen molar-refractivity contribution in [1.29, 1.82) is 0 Å². The highest BCUT2D eigenvalue weighted by atomic mass is 32.1. The van der Waals surface area contributed by atoms with Crippen LogP contribution in [0.25, 0.3) is 31.3 Å². The van der Waals surface area contributed by atoms with E-state index in [-0.39, 0.29) is 0 Å². The quantitative estimate of drug-likeness (QED) is 0.559. The molecule has 0 spiro atoms. The molecule has 0 amide bonds. The number of hydrogen-bond acceptors (Lipinski definition) is 3. The van der Waals surface area contributed by atoms with E-state index in [1.807, 2.05) is 24.3 Å². The molecule has 2 nitrogen and oxygen atoms in total. The Balaban J connectivity index is 1.98. The third-order valence-electron chi connectivity index (χ3n) is 3.74. The van der Waals surface area contributed by atoms with E-state index < -0.39 is 0 Å². The summed E-state index contributed by atoms with van der Waals surface area (Å²) in [5.74, 6) is 0.641. The molecule has 0 saturated heterocycles. The number of fused-ring (bicyclic) bond motifs is 3. The van der Waals surface area contributed by atoms with Crippen molar-refractivity contribution in [2.24, 2.45) is 0 Å². The van der Waals surface area contributed by atoms with Gasteiger partial charge in [-0.2, -0.15) is 0 Å². The second-order valence-electron chi connectivity index (χ2n) is 5.03. The standard InChI is InChI=1S/C18H12BO2S/c20-19-21-13-9-10-15-16-8-4-7-14(12-5-2-1-3-6-12)18(16)22-17(15)11-13/h1-11,20H. The van der Waals surface area contributed by atoms with E-state index >= 15 is 0 Å². The molecule has 0 fully saturated rings. The molecule has 0 bridgehead atoms. The van der Waals surface area contributed by atoms with Crippen LogP contribution in [-0.4, -0.2) is 12.7 Å². The van der Waals surface area contributed by atoms with Crippen LogP contribution in [0.3, 0.4) is 0 Å². The predicted octanol–water partition coefficient (Wildman–Crippen LogP) is 4.63. The van der Waals surface area contributed by atoms with Crippen LogP contribution in [0.4, 0.5) is 0 Å². The largest absolute Gasteiger partial charge is 0.569 e. The van der Waals surface area contributed by atoms with E-state index in [9.17, 15) is 0 Å². The second kappa shape index (κ2) is 5.48. The minimum Gasteiger partial charge on any atom is -0.537 e. The first-order chi connectivity index (χ1) is 10.9. The lowest BCUT2D eigenvalue weighted by atomic mass is 10.0. The lowest BCUT2D eigenvalue weighted by Gasteiger charge is -2.02. The van der Waals surface area contributed by atoms with Gasteiger partial charge in [0.1, 0.15) is 5.75 Å². The van der Waals surface area contributed by atoms with E-state index in [4.69, 9.17) is 9.68 Å². The summed E-state index contributed by atoms with van der Waals surface area (Å²) < 4.78 is 7.48. The van der Waals surface area contributed by atoms with Gasteiger partial charge in [-0.3, -0.25) is 0 Å². The Morgan fingerprint density at radius 2 is 1.73 bits per heavy atom. The van der Waals surface area contributed by atoms with Gasteiger partial charge < -0.3 is 9.68 Å². The van der Waals surface area contributed by atoms with Crippen molar-refractivity contribution >= 4 is 39.2 Å². The molecule has 1 radical (unpaired) electrons. The molecule has 0 aliphatic heterocycles. The fraction of sp³-hybridized carbons (Fsp3) is 0. The zero-order chi connectivity index (χ0) is 14.9. The highest BCUT2D eigenvalue weighted by Crippen LogP contribution is 2.40. The zero-order valence-electron chi connectivity index (χ0n) is 11.7. The van der Waals surface area contributed by atoms with Crippen molar-refractivity contribution < 1.29 is 9.68 Å². The molecule has 0 unspecified atom stereocenters. The van der Waals surface area contributed by atoms with Crippen LogP contribution < -0.4 is 4.65 Å². The maximum absolute atomic E-state index is 8.78. The Bertz CT molecular complexity index is 947. The number of rotatable bonds is 3. The van der Waals surface area contributed by atoms with E-state index in [1.54, 1.807) is 11.3 Å². The van der Waals surface area contributed by atoms with Gasteiger partial charge in [0, 0.05) is 20.2 Å². The third-order valence-corrected chi connectivity index (χ3v) is 4.95. The molecule has 1 N–H and O–H groups in total. The van der Waals surface area contributed by atoms with Crippen molar-refractivity contribution in [2.45, 2.75) is 0 Å². The number of hydrogen-bond donors (Lipinski definition) is 1.